The van der Waals surface area contributed by atoms with Crippen LogP contribution in [0.5, 0.6) is 0 Å². The lowest BCUT2D eigenvalue weighted by Gasteiger charge is -2.09. The summed E-state index contributed by atoms with van der Waals surface area (Å²) in [5.74, 6) is -1.82. The molecule has 0 fully saturated rings. The van der Waals surface area contributed by atoms with Crippen molar-refractivity contribution >= 4 is 15.7 Å². The van der Waals surface area contributed by atoms with Gasteiger partial charge in [0.05, 0.1) is 0 Å². The number of hydrogen-bond acceptors (Lipinski definition) is 3. The number of benzene rings is 2. The van der Waals surface area contributed by atoms with Gasteiger partial charge < -0.3 is 5.32 Å². The van der Waals surface area contributed by atoms with Crippen LogP contribution >= 0.6 is 0 Å². The summed E-state index contributed by atoms with van der Waals surface area (Å²) in [6.07, 6.45) is 0. The van der Waals surface area contributed by atoms with E-state index in [1.807, 2.05) is 0 Å². The number of rotatable bonds is 5. The fraction of sp³-hybridized carbons (Fsp3) is 0.143. The third kappa shape index (κ3) is 3.77. The molecule has 2 N–H and O–H groups in total. The summed E-state index contributed by atoms with van der Waals surface area (Å²) in [6, 6.07) is 8.86. The minimum absolute atomic E-state index is 0.276. The van der Waals surface area contributed by atoms with E-state index in [-0.39, 0.29) is 5.69 Å². The number of hydrogen-bond donors (Lipinski definition) is 2. The first-order valence-corrected chi connectivity index (χ1v) is 7.62. The molecule has 0 amide bonds. The van der Waals surface area contributed by atoms with Crippen molar-refractivity contribution in [3.05, 3.63) is 59.7 Å². The summed E-state index contributed by atoms with van der Waals surface area (Å²) in [5.41, 5.74) is 1.25. The molecule has 0 aliphatic carbocycles. The second kappa shape index (κ2) is 6.19. The first kappa shape index (κ1) is 15.4. The van der Waals surface area contributed by atoms with Gasteiger partial charge in [-0.25, -0.2) is 17.2 Å². The van der Waals surface area contributed by atoms with Crippen molar-refractivity contribution in [2.24, 2.45) is 0 Å². The lowest BCUT2D eigenvalue weighted by molar-refractivity contribution is 0.555. The molecule has 0 aliphatic rings. The van der Waals surface area contributed by atoms with Crippen LogP contribution < -0.4 is 10.0 Å². The molecular formula is C14H14F2N2O2S. The van der Waals surface area contributed by atoms with Crippen LogP contribution in [0.25, 0.3) is 0 Å². The van der Waals surface area contributed by atoms with Gasteiger partial charge in [0, 0.05) is 12.2 Å². The van der Waals surface area contributed by atoms with Crippen molar-refractivity contribution in [3.63, 3.8) is 0 Å². The Labute approximate surface area is 121 Å². The van der Waals surface area contributed by atoms with Gasteiger partial charge in [0.2, 0.25) is 0 Å². The topological polar surface area (TPSA) is 58.2 Å². The first-order chi connectivity index (χ1) is 9.92. The quantitative estimate of drug-likeness (QED) is 0.892. The van der Waals surface area contributed by atoms with Crippen LogP contribution in [0.4, 0.5) is 14.5 Å². The molecule has 0 bridgehead atoms. The summed E-state index contributed by atoms with van der Waals surface area (Å²) in [6.45, 7) is 0.644. The van der Waals surface area contributed by atoms with Gasteiger partial charge in [-0.2, -0.15) is 0 Å². The van der Waals surface area contributed by atoms with Gasteiger partial charge in [0.15, 0.2) is 0 Å². The van der Waals surface area contributed by atoms with E-state index in [1.165, 1.54) is 0 Å². The molecule has 21 heavy (non-hydrogen) atoms. The van der Waals surface area contributed by atoms with E-state index in [2.05, 4.69) is 10.0 Å². The molecule has 0 heterocycles. The van der Waals surface area contributed by atoms with E-state index in [0.29, 0.717) is 12.6 Å². The SMILES string of the molecule is CNCc1ccc(NS(=O)(=O)c2cc(F)ccc2F)cc1. The lowest BCUT2D eigenvalue weighted by Crippen LogP contribution is -2.15. The van der Waals surface area contributed by atoms with Crippen LogP contribution in [-0.2, 0) is 16.6 Å². The van der Waals surface area contributed by atoms with Crippen LogP contribution in [-0.4, -0.2) is 15.5 Å². The third-order valence-electron chi connectivity index (χ3n) is 2.77. The molecular weight excluding hydrogens is 298 g/mol. The second-order valence-corrected chi connectivity index (χ2v) is 6.06. The smallest absolute Gasteiger partial charge is 0.264 e. The highest BCUT2D eigenvalue weighted by Gasteiger charge is 2.20. The van der Waals surface area contributed by atoms with Crippen LogP contribution in [0.2, 0.25) is 0 Å². The maximum Gasteiger partial charge on any atom is 0.264 e. The Morgan fingerprint density at radius 1 is 1.05 bits per heavy atom. The number of halogens is 2. The zero-order valence-electron chi connectivity index (χ0n) is 11.2. The van der Waals surface area contributed by atoms with E-state index in [0.717, 1.165) is 17.7 Å². The number of sulfonamides is 1. The molecule has 2 rings (SSSR count). The minimum atomic E-state index is -4.17. The molecule has 0 atom stereocenters. The van der Waals surface area contributed by atoms with Gasteiger partial charge in [0.1, 0.15) is 16.5 Å². The van der Waals surface area contributed by atoms with Crippen molar-refractivity contribution in [2.45, 2.75) is 11.4 Å². The normalized spacial score (nSPS) is 11.4. The first-order valence-electron chi connectivity index (χ1n) is 6.14. The fourth-order valence-corrected chi connectivity index (χ4v) is 2.94. The molecule has 0 saturated carbocycles. The van der Waals surface area contributed by atoms with E-state index in [4.69, 9.17) is 0 Å². The summed E-state index contributed by atoms with van der Waals surface area (Å²) in [5, 5.41) is 2.96. The Morgan fingerprint density at radius 3 is 2.33 bits per heavy atom. The Balaban J connectivity index is 2.26. The molecule has 0 radical (unpaired) electrons. The van der Waals surface area contributed by atoms with E-state index >= 15 is 0 Å². The van der Waals surface area contributed by atoms with Crippen molar-refractivity contribution in [3.8, 4) is 0 Å². The molecule has 112 valence electrons. The largest absolute Gasteiger partial charge is 0.316 e. The summed E-state index contributed by atoms with van der Waals surface area (Å²) >= 11 is 0. The second-order valence-electron chi connectivity index (χ2n) is 4.41. The van der Waals surface area contributed by atoms with Gasteiger partial charge in [-0.3, -0.25) is 4.72 Å². The third-order valence-corrected chi connectivity index (χ3v) is 4.17. The molecule has 2 aromatic carbocycles. The average Bonchev–Trinajstić information content (AvgIpc) is 2.43. The maximum absolute atomic E-state index is 13.5. The van der Waals surface area contributed by atoms with Crippen molar-refractivity contribution in [1.29, 1.82) is 0 Å². The highest BCUT2D eigenvalue weighted by molar-refractivity contribution is 7.92. The van der Waals surface area contributed by atoms with E-state index in [1.54, 1.807) is 31.3 Å². The van der Waals surface area contributed by atoms with Crippen molar-refractivity contribution in [2.75, 3.05) is 11.8 Å². The molecule has 4 nitrogen and oxygen atoms in total. The predicted octanol–water partition coefficient (Wildman–Crippen LogP) is 2.49. The number of anilines is 1. The van der Waals surface area contributed by atoms with Gasteiger partial charge in [-0.15, -0.1) is 0 Å². The fourth-order valence-electron chi connectivity index (χ4n) is 1.79. The summed E-state index contributed by atoms with van der Waals surface area (Å²) in [7, 11) is -2.38. The Kier molecular flexibility index (Phi) is 4.54. The molecule has 0 spiro atoms. The molecule has 2 aromatic rings. The van der Waals surface area contributed by atoms with Crippen molar-refractivity contribution < 1.29 is 17.2 Å². The van der Waals surface area contributed by atoms with E-state index in [9.17, 15) is 17.2 Å². The minimum Gasteiger partial charge on any atom is -0.316 e. The van der Waals surface area contributed by atoms with Gasteiger partial charge in [0.25, 0.3) is 10.0 Å². The van der Waals surface area contributed by atoms with Crippen molar-refractivity contribution in [1.82, 2.24) is 5.32 Å². The summed E-state index contributed by atoms with van der Waals surface area (Å²) < 4.78 is 53.0. The zero-order valence-corrected chi connectivity index (χ0v) is 12.0. The predicted molar refractivity (Wildman–Crippen MR) is 76.4 cm³/mol. The average molecular weight is 312 g/mol. The highest BCUT2D eigenvalue weighted by atomic mass is 32.2. The number of nitrogens with one attached hydrogen (secondary N) is 2. The van der Waals surface area contributed by atoms with Crippen LogP contribution in [0, 0.1) is 11.6 Å². The maximum atomic E-state index is 13.5. The molecule has 0 saturated heterocycles. The Morgan fingerprint density at radius 2 is 1.71 bits per heavy atom. The van der Waals surface area contributed by atoms with E-state index < -0.39 is 26.6 Å². The molecule has 0 aromatic heterocycles. The van der Waals surface area contributed by atoms with Crippen LogP contribution in [0.3, 0.4) is 0 Å². The standard InChI is InChI=1S/C14H14F2N2O2S/c1-17-9-10-2-5-12(6-3-10)18-21(19,20)14-8-11(15)4-7-13(14)16/h2-8,17-18H,9H2,1H3. The Bertz CT molecular complexity index is 731. The molecule has 0 aliphatic heterocycles. The Hall–Kier alpha value is -1.99. The van der Waals surface area contributed by atoms with Crippen LogP contribution in [0.15, 0.2) is 47.4 Å². The monoisotopic (exact) mass is 312 g/mol. The zero-order chi connectivity index (χ0) is 15.5. The van der Waals surface area contributed by atoms with Gasteiger partial charge in [-0.1, -0.05) is 12.1 Å². The molecule has 7 heteroatoms. The lowest BCUT2D eigenvalue weighted by atomic mass is 10.2. The highest BCUT2D eigenvalue weighted by Crippen LogP contribution is 2.20. The van der Waals surface area contributed by atoms with Gasteiger partial charge in [-0.05, 0) is 42.9 Å². The molecule has 0 unspecified atom stereocenters. The van der Waals surface area contributed by atoms with Gasteiger partial charge >= 0.3 is 0 Å². The van der Waals surface area contributed by atoms with Crippen LogP contribution in [0.1, 0.15) is 5.56 Å². The summed E-state index contributed by atoms with van der Waals surface area (Å²) in [4.78, 5) is -0.721.